The minimum Gasteiger partial charge on any atom is -0.497 e. The fourth-order valence-corrected chi connectivity index (χ4v) is 4.56. The Bertz CT molecular complexity index is 1740. The van der Waals surface area contributed by atoms with Gasteiger partial charge in [0.1, 0.15) is 28.9 Å². The molecule has 6 aromatic rings. The third-order valence-corrected chi connectivity index (χ3v) is 6.38. The Balaban J connectivity index is 1.68. The molecule has 0 bridgehead atoms. The molecule has 0 saturated carbocycles. The summed E-state index contributed by atoms with van der Waals surface area (Å²) in [6.07, 6.45) is 1.16. The van der Waals surface area contributed by atoms with E-state index in [0.29, 0.717) is 28.7 Å². The highest BCUT2D eigenvalue weighted by Gasteiger charge is 2.25. The first-order valence-electron chi connectivity index (χ1n) is 12.3. The molecule has 3 aromatic heterocycles. The Kier molecular flexibility index (Phi) is 6.34. The summed E-state index contributed by atoms with van der Waals surface area (Å²) < 4.78 is 26.7. The standard InChI is InChI=1S/C31H24FN5O2/c1-38-24-16-13-21(14-17-24)27-29(34-25-18-15-23(32)19-33-25)35-30-26(20-9-5-3-6-10-20)28(22-11-7-4-8-12-22)36-37(30)31(27)39-2/h3-19H,1-2H3,(H,33,34,35). The summed E-state index contributed by atoms with van der Waals surface area (Å²) in [5.74, 6) is 1.70. The van der Waals surface area contributed by atoms with E-state index in [1.165, 1.54) is 6.07 Å². The molecule has 0 aliphatic rings. The maximum absolute atomic E-state index is 13.6. The largest absolute Gasteiger partial charge is 0.497 e. The molecule has 192 valence electrons. The molecular formula is C31H24FN5O2. The van der Waals surface area contributed by atoms with Crippen molar-refractivity contribution in [1.82, 2.24) is 19.6 Å². The lowest BCUT2D eigenvalue weighted by Gasteiger charge is -2.16. The van der Waals surface area contributed by atoms with Gasteiger partial charge in [-0.1, -0.05) is 72.8 Å². The third kappa shape index (κ3) is 4.53. The molecule has 0 atom stereocenters. The van der Waals surface area contributed by atoms with E-state index < -0.39 is 5.82 Å². The predicted octanol–water partition coefficient (Wildman–Crippen LogP) is 7.03. The van der Waals surface area contributed by atoms with Crippen LogP contribution in [-0.4, -0.2) is 33.8 Å². The zero-order chi connectivity index (χ0) is 26.8. The smallest absolute Gasteiger partial charge is 0.228 e. The van der Waals surface area contributed by atoms with Gasteiger partial charge in [0.05, 0.1) is 31.5 Å². The Labute approximate surface area is 224 Å². The molecule has 0 unspecified atom stereocenters. The van der Waals surface area contributed by atoms with Crippen LogP contribution in [0.2, 0.25) is 0 Å². The first kappa shape index (κ1) is 24.1. The van der Waals surface area contributed by atoms with E-state index in [0.717, 1.165) is 39.9 Å². The number of benzene rings is 3. The summed E-state index contributed by atoms with van der Waals surface area (Å²) in [6.45, 7) is 0. The van der Waals surface area contributed by atoms with Gasteiger partial charge < -0.3 is 14.8 Å². The molecule has 0 fully saturated rings. The number of hydrogen-bond donors (Lipinski definition) is 1. The highest BCUT2D eigenvalue weighted by atomic mass is 19.1. The number of fused-ring (bicyclic) bond motifs is 1. The zero-order valence-corrected chi connectivity index (χ0v) is 21.3. The number of pyridine rings is 1. The number of anilines is 2. The molecule has 0 aliphatic carbocycles. The van der Waals surface area contributed by atoms with Crippen LogP contribution in [0.3, 0.4) is 0 Å². The molecule has 7 nitrogen and oxygen atoms in total. The second kappa shape index (κ2) is 10.3. The van der Waals surface area contributed by atoms with Crippen molar-refractivity contribution in [3.63, 3.8) is 0 Å². The van der Waals surface area contributed by atoms with E-state index in [1.54, 1.807) is 24.8 Å². The summed E-state index contributed by atoms with van der Waals surface area (Å²) in [7, 11) is 3.23. The highest BCUT2D eigenvalue weighted by Crippen LogP contribution is 2.42. The maximum Gasteiger partial charge on any atom is 0.228 e. The highest BCUT2D eigenvalue weighted by molar-refractivity contribution is 5.93. The van der Waals surface area contributed by atoms with Crippen LogP contribution in [0, 0.1) is 5.82 Å². The number of methoxy groups -OCH3 is 2. The summed E-state index contributed by atoms with van der Waals surface area (Å²) in [4.78, 5) is 9.28. The normalized spacial score (nSPS) is 10.9. The summed E-state index contributed by atoms with van der Waals surface area (Å²) in [6, 6.07) is 30.5. The quantitative estimate of drug-likeness (QED) is 0.245. The van der Waals surface area contributed by atoms with E-state index in [4.69, 9.17) is 19.6 Å². The Morgan fingerprint density at radius 1 is 0.718 bits per heavy atom. The number of hydrogen-bond acceptors (Lipinski definition) is 6. The number of nitrogens with one attached hydrogen (secondary N) is 1. The van der Waals surface area contributed by atoms with E-state index in [1.807, 2.05) is 84.9 Å². The first-order chi connectivity index (χ1) is 19.2. The lowest BCUT2D eigenvalue weighted by molar-refractivity contribution is 0.387. The van der Waals surface area contributed by atoms with E-state index in [-0.39, 0.29) is 0 Å². The van der Waals surface area contributed by atoms with Gasteiger partial charge in [-0.05, 0) is 35.4 Å². The zero-order valence-electron chi connectivity index (χ0n) is 21.3. The van der Waals surface area contributed by atoms with Crippen molar-refractivity contribution in [2.45, 2.75) is 0 Å². The molecule has 0 aliphatic heterocycles. The van der Waals surface area contributed by atoms with Crippen LogP contribution in [0.5, 0.6) is 11.6 Å². The van der Waals surface area contributed by atoms with Gasteiger partial charge in [-0.3, -0.25) is 0 Å². The molecule has 39 heavy (non-hydrogen) atoms. The molecule has 3 aromatic carbocycles. The topological polar surface area (TPSA) is 73.6 Å². The van der Waals surface area contributed by atoms with E-state index in [2.05, 4.69) is 10.3 Å². The average molecular weight is 518 g/mol. The lowest BCUT2D eigenvalue weighted by atomic mass is 10.0. The number of rotatable bonds is 7. The SMILES string of the molecule is COc1ccc(-c2c(Nc3ccc(F)cn3)nc3c(-c4ccccc4)c(-c4ccccc4)nn3c2OC)cc1. The minimum atomic E-state index is -0.424. The van der Waals surface area contributed by atoms with Gasteiger partial charge in [-0.2, -0.15) is 9.61 Å². The molecule has 0 amide bonds. The molecule has 1 N–H and O–H groups in total. The van der Waals surface area contributed by atoms with Gasteiger partial charge in [-0.15, -0.1) is 0 Å². The van der Waals surface area contributed by atoms with Gasteiger partial charge in [0, 0.05) is 5.56 Å². The molecule has 0 spiro atoms. The minimum absolute atomic E-state index is 0.424. The summed E-state index contributed by atoms with van der Waals surface area (Å²) in [5.41, 5.74) is 5.62. The predicted molar refractivity (Wildman–Crippen MR) is 150 cm³/mol. The van der Waals surface area contributed by atoms with Gasteiger partial charge in [-0.25, -0.2) is 14.4 Å². The van der Waals surface area contributed by atoms with Crippen LogP contribution >= 0.6 is 0 Å². The van der Waals surface area contributed by atoms with Crippen molar-refractivity contribution in [2.24, 2.45) is 0 Å². The Morgan fingerprint density at radius 3 is 2.00 bits per heavy atom. The van der Waals surface area contributed by atoms with Crippen molar-refractivity contribution in [3.05, 3.63) is 109 Å². The lowest BCUT2D eigenvalue weighted by Crippen LogP contribution is -2.06. The van der Waals surface area contributed by atoms with Crippen LogP contribution in [0.1, 0.15) is 0 Å². The van der Waals surface area contributed by atoms with Gasteiger partial charge in [0.2, 0.25) is 5.88 Å². The monoisotopic (exact) mass is 517 g/mol. The van der Waals surface area contributed by atoms with E-state index in [9.17, 15) is 4.39 Å². The number of ether oxygens (including phenoxy) is 2. The Morgan fingerprint density at radius 2 is 1.38 bits per heavy atom. The van der Waals surface area contributed by atoms with Crippen molar-refractivity contribution < 1.29 is 13.9 Å². The number of halogens is 1. The van der Waals surface area contributed by atoms with Gasteiger partial charge in [0.15, 0.2) is 5.65 Å². The summed E-state index contributed by atoms with van der Waals surface area (Å²) >= 11 is 0. The van der Waals surface area contributed by atoms with Crippen molar-refractivity contribution in [1.29, 1.82) is 0 Å². The van der Waals surface area contributed by atoms with Crippen LogP contribution in [0.15, 0.2) is 103 Å². The van der Waals surface area contributed by atoms with Crippen molar-refractivity contribution >= 4 is 17.3 Å². The number of aromatic nitrogens is 4. The molecular weight excluding hydrogens is 493 g/mol. The fourth-order valence-electron chi connectivity index (χ4n) is 4.56. The van der Waals surface area contributed by atoms with Gasteiger partial charge >= 0.3 is 0 Å². The molecule has 8 heteroatoms. The molecule has 3 heterocycles. The van der Waals surface area contributed by atoms with Crippen molar-refractivity contribution in [3.8, 4) is 45.1 Å². The second-order valence-electron chi connectivity index (χ2n) is 8.75. The van der Waals surface area contributed by atoms with E-state index >= 15 is 0 Å². The van der Waals surface area contributed by atoms with Crippen LogP contribution in [0.4, 0.5) is 16.0 Å². The van der Waals surface area contributed by atoms with Crippen molar-refractivity contribution in [2.75, 3.05) is 19.5 Å². The molecule has 6 rings (SSSR count). The first-order valence-corrected chi connectivity index (χ1v) is 12.3. The second-order valence-corrected chi connectivity index (χ2v) is 8.75. The fraction of sp³-hybridized carbons (Fsp3) is 0.0645. The maximum atomic E-state index is 13.6. The van der Waals surface area contributed by atoms with Gasteiger partial charge in [0.25, 0.3) is 0 Å². The third-order valence-electron chi connectivity index (χ3n) is 6.38. The average Bonchev–Trinajstić information content (AvgIpc) is 3.38. The Hall–Kier alpha value is -5.24. The number of nitrogens with zero attached hydrogens (tertiary/aromatic N) is 4. The molecule has 0 saturated heterocycles. The van der Waals surface area contributed by atoms with Crippen LogP contribution in [0.25, 0.3) is 39.2 Å². The van der Waals surface area contributed by atoms with Crippen LogP contribution in [-0.2, 0) is 0 Å². The molecule has 0 radical (unpaired) electrons. The summed E-state index contributed by atoms with van der Waals surface area (Å²) in [5, 5.41) is 8.30. The van der Waals surface area contributed by atoms with Crippen LogP contribution < -0.4 is 14.8 Å².